The molecule has 4 nitrogen and oxygen atoms in total. The van der Waals surface area contributed by atoms with Gasteiger partial charge in [-0.3, -0.25) is 0 Å². The first-order valence-corrected chi connectivity index (χ1v) is 8.04. The topological polar surface area (TPSA) is 57.6 Å². The van der Waals surface area contributed by atoms with E-state index in [0.717, 1.165) is 18.4 Å². The van der Waals surface area contributed by atoms with Crippen LogP contribution in [0.2, 0.25) is 0 Å². The number of aliphatic hydroxyl groups excluding tert-OH is 1. The monoisotopic (exact) mass is 283 g/mol. The summed E-state index contributed by atoms with van der Waals surface area (Å²) >= 11 is 0. The number of sulfonamides is 1. The molecule has 1 fully saturated rings. The van der Waals surface area contributed by atoms with Crippen molar-refractivity contribution in [1.82, 2.24) is 4.31 Å². The lowest BCUT2D eigenvalue weighted by atomic mass is 10.1. The number of aliphatic hydroxyl groups is 1. The minimum Gasteiger partial charge on any atom is -0.389 e. The Morgan fingerprint density at radius 3 is 2.16 bits per heavy atom. The molecule has 106 valence electrons. The third kappa shape index (κ3) is 2.99. The molecule has 0 amide bonds. The Hall–Kier alpha value is -0.910. The second-order valence-electron chi connectivity index (χ2n) is 5.34. The summed E-state index contributed by atoms with van der Waals surface area (Å²) in [5, 5.41) is 9.44. The third-order valence-corrected chi connectivity index (χ3v) is 5.88. The molecule has 1 N–H and O–H groups in total. The van der Waals surface area contributed by atoms with Crippen molar-refractivity contribution in [3.8, 4) is 0 Å². The number of hydrogen-bond acceptors (Lipinski definition) is 3. The van der Waals surface area contributed by atoms with Crippen molar-refractivity contribution in [3.63, 3.8) is 0 Å². The summed E-state index contributed by atoms with van der Waals surface area (Å²) in [5.74, 6) is 0.497. The van der Waals surface area contributed by atoms with E-state index in [4.69, 9.17) is 0 Å². The normalized spacial score (nSPS) is 19.4. The first-order chi connectivity index (χ1) is 8.84. The zero-order valence-corrected chi connectivity index (χ0v) is 12.4. The Morgan fingerprint density at radius 1 is 1.21 bits per heavy atom. The highest BCUT2D eigenvalue weighted by atomic mass is 32.2. The van der Waals surface area contributed by atoms with Crippen molar-refractivity contribution in [1.29, 1.82) is 0 Å². The summed E-state index contributed by atoms with van der Waals surface area (Å²) in [6.07, 6.45) is 1.64. The van der Waals surface area contributed by atoms with Crippen molar-refractivity contribution in [3.05, 3.63) is 29.8 Å². The van der Waals surface area contributed by atoms with Crippen LogP contribution in [-0.2, 0) is 10.0 Å². The Bertz CT molecular complexity index is 532. The lowest BCUT2D eigenvalue weighted by molar-refractivity contribution is 0.199. The Kier molecular flexibility index (Phi) is 3.99. The van der Waals surface area contributed by atoms with Crippen molar-refractivity contribution in [2.75, 3.05) is 7.05 Å². The maximum absolute atomic E-state index is 12.5. The van der Waals surface area contributed by atoms with Gasteiger partial charge < -0.3 is 5.11 Å². The highest BCUT2D eigenvalue weighted by molar-refractivity contribution is 7.89. The lowest BCUT2D eigenvalue weighted by Gasteiger charge is -2.24. The van der Waals surface area contributed by atoms with Crippen molar-refractivity contribution in [2.24, 2.45) is 5.92 Å². The highest BCUT2D eigenvalue weighted by Gasteiger charge is 2.35. The minimum absolute atomic E-state index is 0.0430. The van der Waals surface area contributed by atoms with E-state index in [1.165, 1.54) is 4.31 Å². The number of benzene rings is 1. The van der Waals surface area contributed by atoms with E-state index in [9.17, 15) is 13.5 Å². The van der Waals surface area contributed by atoms with Crippen LogP contribution < -0.4 is 0 Å². The van der Waals surface area contributed by atoms with Crippen LogP contribution in [0.25, 0.3) is 0 Å². The summed E-state index contributed by atoms with van der Waals surface area (Å²) in [4.78, 5) is 0.284. The highest BCUT2D eigenvalue weighted by Crippen LogP contribution is 2.36. The molecule has 1 saturated carbocycles. The summed E-state index contributed by atoms with van der Waals surface area (Å²) < 4.78 is 26.4. The van der Waals surface area contributed by atoms with E-state index in [1.807, 2.05) is 6.92 Å². The summed E-state index contributed by atoms with van der Waals surface area (Å²) in [5.41, 5.74) is 0.719. The van der Waals surface area contributed by atoms with Gasteiger partial charge in [-0.2, -0.15) is 4.31 Å². The molecule has 5 heteroatoms. The van der Waals surface area contributed by atoms with Crippen LogP contribution in [0.1, 0.15) is 38.4 Å². The van der Waals surface area contributed by atoms with Gasteiger partial charge in [0.2, 0.25) is 10.0 Å². The lowest BCUT2D eigenvalue weighted by Crippen LogP contribution is -2.36. The Labute approximate surface area is 115 Å². The standard InChI is InChI=1S/C14H21NO3S/c1-10(12-4-5-12)15(3)19(17,18)14-8-6-13(7-9-14)11(2)16/h6-12,16H,4-5H2,1-3H3. The molecule has 0 bridgehead atoms. The largest absolute Gasteiger partial charge is 0.389 e. The van der Waals surface area contributed by atoms with Crippen LogP contribution in [0.5, 0.6) is 0 Å². The molecule has 1 aliphatic rings. The molecule has 0 radical (unpaired) electrons. The maximum atomic E-state index is 12.5. The van der Waals surface area contributed by atoms with Gasteiger partial charge in [0.15, 0.2) is 0 Å². The van der Waals surface area contributed by atoms with Crippen LogP contribution in [-0.4, -0.2) is 30.9 Å². The first-order valence-electron chi connectivity index (χ1n) is 6.60. The maximum Gasteiger partial charge on any atom is 0.243 e. The van der Waals surface area contributed by atoms with Gasteiger partial charge in [-0.1, -0.05) is 12.1 Å². The molecular formula is C14H21NO3S. The van der Waals surface area contributed by atoms with Crippen molar-refractivity contribution >= 4 is 10.0 Å². The summed E-state index contributed by atoms with van der Waals surface area (Å²) in [7, 11) is -1.79. The first kappa shape index (κ1) is 14.5. The zero-order chi connectivity index (χ0) is 14.2. The predicted octanol–water partition coefficient (Wildman–Crippen LogP) is 2.16. The van der Waals surface area contributed by atoms with Crippen LogP contribution in [0, 0.1) is 5.92 Å². The molecule has 0 aromatic heterocycles. The van der Waals surface area contributed by atoms with Crippen LogP contribution >= 0.6 is 0 Å². The fourth-order valence-corrected chi connectivity index (χ4v) is 3.60. The molecule has 2 rings (SSSR count). The van der Waals surface area contributed by atoms with E-state index in [-0.39, 0.29) is 10.9 Å². The molecule has 1 aliphatic carbocycles. The summed E-state index contributed by atoms with van der Waals surface area (Å²) in [6, 6.07) is 6.49. The van der Waals surface area contributed by atoms with Crippen LogP contribution in [0.15, 0.2) is 29.2 Å². The van der Waals surface area contributed by atoms with Gasteiger partial charge in [0.1, 0.15) is 0 Å². The second kappa shape index (κ2) is 5.23. The third-order valence-electron chi connectivity index (χ3n) is 3.92. The average Bonchev–Trinajstić information content (AvgIpc) is 3.21. The SMILES string of the molecule is CC(O)c1ccc(S(=O)(=O)N(C)C(C)C2CC2)cc1. The number of nitrogens with zero attached hydrogens (tertiary/aromatic N) is 1. The van der Waals surface area contributed by atoms with Gasteiger partial charge in [-0.25, -0.2) is 8.42 Å². The molecule has 1 aromatic carbocycles. The van der Waals surface area contributed by atoms with E-state index in [0.29, 0.717) is 5.92 Å². The molecular weight excluding hydrogens is 262 g/mol. The van der Waals surface area contributed by atoms with Crippen molar-refractivity contribution < 1.29 is 13.5 Å². The quantitative estimate of drug-likeness (QED) is 0.901. The second-order valence-corrected chi connectivity index (χ2v) is 7.34. The van der Waals surface area contributed by atoms with E-state index < -0.39 is 16.1 Å². The average molecular weight is 283 g/mol. The fourth-order valence-electron chi connectivity index (χ4n) is 2.18. The molecule has 2 atom stereocenters. The van der Waals surface area contributed by atoms with Crippen LogP contribution in [0.3, 0.4) is 0 Å². The minimum atomic E-state index is -3.43. The molecule has 1 aromatic rings. The van der Waals surface area contributed by atoms with Gasteiger partial charge >= 0.3 is 0 Å². The fraction of sp³-hybridized carbons (Fsp3) is 0.571. The summed E-state index contributed by atoms with van der Waals surface area (Å²) in [6.45, 7) is 3.62. The Balaban J connectivity index is 2.23. The number of rotatable bonds is 5. The molecule has 0 spiro atoms. The van der Waals surface area contributed by atoms with Crippen molar-refractivity contribution in [2.45, 2.75) is 43.7 Å². The van der Waals surface area contributed by atoms with Gasteiger partial charge in [-0.15, -0.1) is 0 Å². The molecule has 0 aliphatic heterocycles. The molecule has 19 heavy (non-hydrogen) atoms. The van der Waals surface area contributed by atoms with E-state index >= 15 is 0 Å². The predicted molar refractivity (Wildman–Crippen MR) is 74.2 cm³/mol. The van der Waals surface area contributed by atoms with E-state index in [2.05, 4.69) is 0 Å². The van der Waals surface area contributed by atoms with Crippen LogP contribution in [0.4, 0.5) is 0 Å². The van der Waals surface area contributed by atoms with Gasteiger partial charge in [0.25, 0.3) is 0 Å². The number of hydrogen-bond donors (Lipinski definition) is 1. The van der Waals surface area contributed by atoms with Gasteiger partial charge in [0.05, 0.1) is 11.0 Å². The molecule has 2 unspecified atom stereocenters. The van der Waals surface area contributed by atoms with E-state index in [1.54, 1.807) is 38.2 Å². The molecule has 0 saturated heterocycles. The van der Waals surface area contributed by atoms with Gasteiger partial charge in [-0.05, 0) is 50.3 Å². The zero-order valence-electron chi connectivity index (χ0n) is 11.6. The smallest absolute Gasteiger partial charge is 0.243 e. The molecule has 0 heterocycles. The van der Waals surface area contributed by atoms with Gasteiger partial charge in [0, 0.05) is 13.1 Å². The Morgan fingerprint density at radius 2 is 1.74 bits per heavy atom.